The zero-order valence-corrected chi connectivity index (χ0v) is 13.7. The number of thiazole rings is 1. The molecule has 2 heterocycles. The largest absolute Gasteiger partial charge is 0.362 e. The van der Waals surface area contributed by atoms with Gasteiger partial charge in [-0.1, -0.05) is 20.3 Å². The molecule has 1 unspecified atom stereocenters. The van der Waals surface area contributed by atoms with E-state index in [0.29, 0.717) is 5.56 Å². The molecule has 0 aliphatic heterocycles. The van der Waals surface area contributed by atoms with E-state index in [1.807, 2.05) is 23.7 Å². The molecule has 1 N–H and O–H groups in total. The van der Waals surface area contributed by atoms with E-state index in [1.54, 1.807) is 15.9 Å². The molecular weight excluding hydrogens is 282 g/mol. The average molecular weight is 305 g/mol. The van der Waals surface area contributed by atoms with Crippen LogP contribution in [0.2, 0.25) is 0 Å². The minimum absolute atomic E-state index is 0.0391. The van der Waals surface area contributed by atoms with Gasteiger partial charge in [0.1, 0.15) is 0 Å². The lowest BCUT2D eigenvalue weighted by Crippen LogP contribution is -2.23. The van der Waals surface area contributed by atoms with Gasteiger partial charge < -0.3 is 9.88 Å². The third kappa shape index (κ3) is 3.73. The highest BCUT2D eigenvalue weighted by Crippen LogP contribution is 2.23. The van der Waals surface area contributed by atoms with Gasteiger partial charge >= 0.3 is 0 Å². The van der Waals surface area contributed by atoms with Crippen LogP contribution in [0, 0.1) is 0 Å². The number of hydrogen-bond donors (Lipinski definition) is 1. The number of nitrogens with zero attached hydrogens (tertiary/aromatic N) is 2. The number of anilines is 1. The van der Waals surface area contributed by atoms with Crippen LogP contribution < -0.4 is 10.9 Å². The molecule has 4 nitrogen and oxygen atoms in total. The molecule has 0 saturated carbocycles. The summed E-state index contributed by atoms with van der Waals surface area (Å²) in [4.78, 5) is 17.1. The predicted molar refractivity (Wildman–Crippen MR) is 90.2 cm³/mol. The van der Waals surface area contributed by atoms with Gasteiger partial charge in [-0.05, 0) is 31.9 Å². The molecule has 2 aromatic heterocycles. The number of rotatable bonds is 7. The summed E-state index contributed by atoms with van der Waals surface area (Å²) in [6.07, 6.45) is 5.07. The molecule has 2 rings (SSSR count). The summed E-state index contributed by atoms with van der Waals surface area (Å²) in [5.41, 5.74) is 1.48. The zero-order valence-electron chi connectivity index (χ0n) is 12.9. The fourth-order valence-corrected chi connectivity index (χ4v) is 2.84. The van der Waals surface area contributed by atoms with Gasteiger partial charge in [0.15, 0.2) is 5.13 Å². The highest BCUT2D eigenvalue weighted by molar-refractivity contribution is 7.14. The van der Waals surface area contributed by atoms with E-state index >= 15 is 0 Å². The number of pyridine rings is 1. The Morgan fingerprint density at radius 2 is 2.24 bits per heavy atom. The van der Waals surface area contributed by atoms with Crippen LogP contribution in [0.25, 0.3) is 11.3 Å². The standard InChI is InChI=1S/C16H23N3OS/c1-4-6-9-17-16-18-14(11-21-16)13-8-7-10-19(15(13)20)12(3)5-2/h7-8,10-12H,4-6,9H2,1-3H3,(H,17,18). The van der Waals surface area contributed by atoms with Crippen LogP contribution in [0.15, 0.2) is 28.5 Å². The topological polar surface area (TPSA) is 46.9 Å². The van der Waals surface area contributed by atoms with Crippen LogP contribution in [0.1, 0.15) is 46.1 Å². The van der Waals surface area contributed by atoms with Crippen LogP contribution in [-0.2, 0) is 0 Å². The zero-order chi connectivity index (χ0) is 15.2. The van der Waals surface area contributed by atoms with Crippen molar-refractivity contribution in [3.8, 4) is 11.3 Å². The summed E-state index contributed by atoms with van der Waals surface area (Å²) >= 11 is 1.55. The maximum absolute atomic E-state index is 12.5. The molecular formula is C16H23N3OS. The van der Waals surface area contributed by atoms with Crippen molar-refractivity contribution in [2.75, 3.05) is 11.9 Å². The van der Waals surface area contributed by atoms with E-state index in [-0.39, 0.29) is 11.6 Å². The van der Waals surface area contributed by atoms with E-state index in [1.165, 1.54) is 0 Å². The van der Waals surface area contributed by atoms with Crippen molar-refractivity contribution < 1.29 is 0 Å². The first-order valence-corrected chi connectivity index (χ1v) is 8.46. The lowest BCUT2D eigenvalue weighted by Gasteiger charge is -2.13. The molecule has 0 aliphatic carbocycles. The third-order valence-corrected chi connectivity index (χ3v) is 4.43. The Morgan fingerprint density at radius 1 is 1.43 bits per heavy atom. The van der Waals surface area contributed by atoms with Crippen LogP contribution in [0.5, 0.6) is 0 Å². The normalized spacial score (nSPS) is 12.3. The predicted octanol–water partition coefficient (Wildman–Crippen LogP) is 4.15. The minimum Gasteiger partial charge on any atom is -0.362 e. The van der Waals surface area contributed by atoms with Crippen molar-refractivity contribution >= 4 is 16.5 Å². The summed E-state index contributed by atoms with van der Waals surface area (Å²) in [6.45, 7) is 7.23. The number of nitrogens with one attached hydrogen (secondary N) is 1. The van der Waals surface area contributed by atoms with E-state index in [4.69, 9.17) is 0 Å². The Morgan fingerprint density at radius 3 is 2.95 bits per heavy atom. The van der Waals surface area contributed by atoms with Gasteiger partial charge in [0, 0.05) is 24.2 Å². The SMILES string of the molecule is CCCCNc1nc(-c2cccn(C(C)CC)c2=O)cs1. The molecule has 0 amide bonds. The monoisotopic (exact) mass is 305 g/mol. The highest BCUT2D eigenvalue weighted by atomic mass is 32.1. The molecule has 0 fully saturated rings. The summed E-state index contributed by atoms with van der Waals surface area (Å²) in [5.74, 6) is 0. The first-order chi connectivity index (χ1) is 10.2. The second-order valence-electron chi connectivity index (χ2n) is 5.21. The van der Waals surface area contributed by atoms with Crippen molar-refractivity contribution in [3.63, 3.8) is 0 Å². The van der Waals surface area contributed by atoms with Crippen molar-refractivity contribution in [1.29, 1.82) is 0 Å². The van der Waals surface area contributed by atoms with Gasteiger partial charge in [0.2, 0.25) is 0 Å². The van der Waals surface area contributed by atoms with E-state index in [2.05, 4.69) is 31.1 Å². The molecule has 21 heavy (non-hydrogen) atoms. The molecule has 2 aromatic rings. The smallest absolute Gasteiger partial charge is 0.260 e. The maximum atomic E-state index is 12.5. The average Bonchev–Trinajstić information content (AvgIpc) is 2.95. The lowest BCUT2D eigenvalue weighted by atomic mass is 10.2. The van der Waals surface area contributed by atoms with Gasteiger partial charge in [0.05, 0.1) is 11.3 Å². The molecule has 1 atom stereocenters. The van der Waals surface area contributed by atoms with Crippen molar-refractivity contribution in [2.24, 2.45) is 0 Å². The van der Waals surface area contributed by atoms with Crippen LogP contribution in [-0.4, -0.2) is 16.1 Å². The number of aromatic nitrogens is 2. The molecule has 0 radical (unpaired) electrons. The van der Waals surface area contributed by atoms with Gasteiger partial charge in [-0.3, -0.25) is 4.79 Å². The van der Waals surface area contributed by atoms with E-state index < -0.39 is 0 Å². The highest BCUT2D eigenvalue weighted by Gasteiger charge is 2.12. The first-order valence-electron chi connectivity index (χ1n) is 7.58. The van der Waals surface area contributed by atoms with Crippen molar-refractivity contribution in [3.05, 3.63) is 34.1 Å². The molecule has 0 bridgehead atoms. The van der Waals surface area contributed by atoms with Gasteiger partial charge in [-0.25, -0.2) is 4.98 Å². The second-order valence-corrected chi connectivity index (χ2v) is 6.07. The quantitative estimate of drug-likeness (QED) is 0.781. The summed E-state index contributed by atoms with van der Waals surface area (Å²) < 4.78 is 1.79. The van der Waals surface area contributed by atoms with E-state index in [0.717, 1.165) is 36.6 Å². The second kappa shape index (κ2) is 7.41. The molecule has 0 aromatic carbocycles. The fourth-order valence-electron chi connectivity index (χ4n) is 2.10. The first kappa shape index (κ1) is 15.8. The maximum Gasteiger partial charge on any atom is 0.260 e. The Kier molecular flexibility index (Phi) is 5.56. The fraction of sp³-hybridized carbons (Fsp3) is 0.500. The van der Waals surface area contributed by atoms with Gasteiger partial charge in [-0.2, -0.15) is 0 Å². The van der Waals surface area contributed by atoms with Crippen molar-refractivity contribution in [2.45, 2.75) is 46.1 Å². The molecule has 0 aliphatic rings. The Hall–Kier alpha value is -1.62. The van der Waals surface area contributed by atoms with Crippen LogP contribution >= 0.6 is 11.3 Å². The minimum atomic E-state index is 0.0391. The molecule has 114 valence electrons. The van der Waals surface area contributed by atoms with Gasteiger partial charge in [0.25, 0.3) is 5.56 Å². The number of unbranched alkanes of at least 4 members (excludes halogenated alkanes) is 1. The Bertz CT molecular complexity index is 632. The Balaban J connectivity index is 2.24. The molecule has 0 saturated heterocycles. The van der Waals surface area contributed by atoms with Crippen LogP contribution in [0.4, 0.5) is 5.13 Å². The molecule has 0 spiro atoms. The third-order valence-electron chi connectivity index (χ3n) is 3.63. The van der Waals surface area contributed by atoms with Gasteiger partial charge in [-0.15, -0.1) is 11.3 Å². The number of hydrogen-bond acceptors (Lipinski definition) is 4. The Labute approximate surface area is 129 Å². The lowest BCUT2D eigenvalue weighted by molar-refractivity contribution is 0.515. The van der Waals surface area contributed by atoms with Crippen LogP contribution in [0.3, 0.4) is 0 Å². The summed E-state index contributed by atoms with van der Waals surface area (Å²) in [7, 11) is 0. The van der Waals surface area contributed by atoms with E-state index in [9.17, 15) is 4.79 Å². The van der Waals surface area contributed by atoms with Crippen molar-refractivity contribution in [1.82, 2.24) is 9.55 Å². The summed E-state index contributed by atoms with van der Waals surface area (Å²) in [6, 6.07) is 3.98. The molecule has 5 heteroatoms. The summed E-state index contributed by atoms with van der Waals surface area (Å²) in [5, 5.41) is 6.14.